The molecule has 0 aromatic heterocycles. The summed E-state index contributed by atoms with van der Waals surface area (Å²) in [6.45, 7) is 0.0510. The Balaban J connectivity index is 1.69. The van der Waals surface area contributed by atoms with E-state index in [9.17, 15) is 15.0 Å². The van der Waals surface area contributed by atoms with E-state index in [1.54, 1.807) is 30.3 Å². The maximum atomic E-state index is 12.4. The Kier molecular flexibility index (Phi) is 5.11. The molecule has 25 heavy (non-hydrogen) atoms. The van der Waals surface area contributed by atoms with E-state index in [1.807, 2.05) is 36.4 Å². The van der Waals surface area contributed by atoms with Crippen LogP contribution in [0.2, 0.25) is 0 Å². The molecule has 0 radical (unpaired) electrons. The Morgan fingerprint density at radius 2 is 1.56 bits per heavy atom. The molecule has 0 aliphatic rings. The van der Waals surface area contributed by atoms with Crippen molar-refractivity contribution in [3.8, 4) is 11.5 Å². The molecule has 0 fully saturated rings. The van der Waals surface area contributed by atoms with Crippen molar-refractivity contribution in [2.24, 2.45) is 0 Å². The van der Waals surface area contributed by atoms with Crippen LogP contribution in [0.4, 0.5) is 0 Å². The van der Waals surface area contributed by atoms with Crippen LogP contribution in [0, 0.1) is 0 Å². The van der Waals surface area contributed by atoms with Gasteiger partial charge in [0.25, 0.3) is 0 Å². The third-order valence-corrected chi connectivity index (χ3v) is 3.84. The van der Waals surface area contributed by atoms with Gasteiger partial charge >= 0.3 is 0 Å². The van der Waals surface area contributed by atoms with Crippen LogP contribution in [0.5, 0.6) is 11.5 Å². The van der Waals surface area contributed by atoms with E-state index in [4.69, 9.17) is 4.74 Å². The second-order valence-corrected chi connectivity index (χ2v) is 5.61. The zero-order chi connectivity index (χ0) is 17.6. The normalized spacial score (nSPS) is 11.7. The molecule has 4 heteroatoms. The van der Waals surface area contributed by atoms with Crippen molar-refractivity contribution in [2.45, 2.75) is 6.10 Å². The van der Waals surface area contributed by atoms with Crippen molar-refractivity contribution in [3.05, 3.63) is 95.6 Å². The molecule has 3 aromatic carbocycles. The summed E-state index contributed by atoms with van der Waals surface area (Å²) < 4.78 is 5.52. The molecule has 3 aromatic rings. The molecule has 0 bridgehead atoms. The maximum absolute atomic E-state index is 12.4. The fourth-order valence-electron chi connectivity index (χ4n) is 2.48. The van der Waals surface area contributed by atoms with Gasteiger partial charge in [-0.1, -0.05) is 60.7 Å². The standard InChI is InChI=1S/C21H18O4/c22-19-13-17(25-14-20(23)15-7-3-1-4-8-15)11-12-18(19)21(24)16-9-5-2-6-10-16/h1-13,20,22-23H,14H2. The van der Waals surface area contributed by atoms with E-state index >= 15 is 0 Å². The topological polar surface area (TPSA) is 66.8 Å². The Hall–Kier alpha value is -3.11. The summed E-state index contributed by atoms with van der Waals surface area (Å²) in [5, 5.41) is 20.2. The third-order valence-electron chi connectivity index (χ3n) is 3.84. The van der Waals surface area contributed by atoms with E-state index in [2.05, 4.69) is 0 Å². The average molecular weight is 334 g/mol. The minimum absolute atomic E-state index is 0.0510. The number of phenolic OH excluding ortho intramolecular Hbond substituents is 1. The number of hydrogen-bond acceptors (Lipinski definition) is 4. The van der Waals surface area contributed by atoms with Gasteiger partial charge in [0.15, 0.2) is 5.78 Å². The molecular formula is C21H18O4. The number of ketones is 1. The Labute approximate surface area is 146 Å². The largest absolute Gasteiger partial charge is 0.507 e. The molecule has 1 atom stereocenters. The van der Waals surface area contributed by atoms with Crippen LogP contribution >= 0.6 is 0 Å². The lowest BCUT2D eigenvalue weighted by Gasteiger charge is -2.13. The van der Waals surface area contributed by atoms with E-state index in [0.29, 0.717) is 11.3 Å². The van der Waals surface area contributed by atoms with Crippen LogP contribution in [0.25, 0.3) is 0 Å². The van der Waals surface area contributed by atoms with Crippen LogP contribution in [0.15, 0.2) is 78.9 Å². The number of aliphatic hydroxyl groups excluding tert-OH is 1. The summed E-state index contributed by atoms with van der Waals surface area (Å²) in [5.74, 6) is -0.0217. The van der Waals surface area contributed by atoms with Crippen LogP contribution in [0.1, 0.15) is 27.6 Å². The predicted molar refractivity (Wildman–Crippen MR) is 94.9 cm³/mol. The van der Waals surface area contributed by atoms with Crippen LogP contribution in [0.3, 0.4) is 0 Å². The number of rotatable bonds is 6. The lowest BCUT2D eigenvalue weighted by Crippen LogP contribution is -2.09. The highest BCUT2D eigenvalue weighted by Crippen LogP contribution is 2.26. The van der Waals surface area contributed by atoms with Crippen molar-refractivity contribution in [1.29, 1.82) is 0 Å². The van der Waals surface area contributed by atoms with Gasteiger partial charge in [0.2, 0.25) is 0 Å². The quantitative estimate of drug-likeness (QED) is 0.674. The Morgan fingerprint density at radius 3 is 2.20 bits per heavy atom. The van der Waals surface area contributed by atoms with E-state index < -0.39 is 6.10 Å². The number of carbonyl (C=O) groups excluding carboxylic acids is 1. The molecule has 1 unspecified atom stereocenters. The van der Waals surface area contributed by atoms with Gasteiger partial charge in [-0.3, -0.25) is 4.79 Å². The molecule has 2 N–H and O–H groups in total. The van der Waals surface area contributed by atoms with E-state index in [-0.39, 0.29) is 23.7 Å². The molecule has 0 aliphatic heterocycles. The van der Waals surface area contributed by atoms with Gasteiger partial charge in [0.05, 0.1) is 5.56 Å². The number of carbonyl (C=O) groups is 1. The first kappa shape index (κ1) is 16.7. The number of ether oxygens (including phenoxy) is 1. The first-order valence-corrected chi connectivity index (χ1v) is 7.94. The molecule has 0 heterocycles. The van der Waals surface area contributed by atoms with E-state index in [1.165, 1.54) is 12.1 Å². The summed E-state index contributed by atoms with van der Waals surface area (Å²) >= 11 is 0. The van der Waals surface area contributed by atoms with Crippen molar-refractivity contribution in [1.82, 2.24) is 0 Å². The Bertz CT molecular complexity index is 844. The fraction of sp³-hybridized carbons (Fsp3) is 0.0952. The minimum atomic E-state index is -0.769. The van der Waals surface area contributed by atoms with Crippen molar-refractivity contribution >= 4 is 5.78 Å². The first-order valence-electron chi connectivity index (χ1n) is 7.94. The molecule has 4 nitrogen and oxygen atoms in total. The maximum Gasteiger partial charge on any atom is 0.196 e. The molecule has 0 spiro atoms. The third kappa shape index (κ3) is 4.05. The van der Waals surface area contributed by atoms with E-state index in [0.717, 1.165) is 5.56 Å². The average Bonchev–Trinajstić information content (AvgIpc) is 2.67. The lowest BCUT2D eigenvalue weighted by atomic mass is 10.0. The fourth-order valence-corrected chi connectivity index (χ4v) is 2.48. The first-order chi connectivity index (χ1) is 12.1. The highest BCUT2D eigenvalue weighted by molar-refractivity contribution is 6.10. The zero-order valence-corrected chi connectivity index (χ0v) is 13.5. The number of aliphatic hydroxyl groups is 1. The summed E-state index contributed by atoms with van der Waals surface area (Å²) in [6, 6.07) is 22.5. The minimum Gasteiger partial charge on any atom is -0.507 e. The van der Waals surface area contributed by atoms with Gasteiger partial charge in [-0.2, -0.15) is 0 Å². The van der Waals surface area contributed by atoms with Gasteiger partial charge in [-0.25, -0.2) is 0 Å². The second-order valence-electron chi connectivity index (χ2n) is 5.61. The van der Waals surface area contributed by atoms with Crippen LogP contribution < -0.4 is 4.74 Å². The van der Waals surface area contributed by atoms with Gasteiger partial charge in [0, 0.05) is 11.6 Å². The van der Waals surface area contributed by atoms with Crippen molar-refractivity contribution < 1.29 is 19.7 Å². The highest BCUT2D eigenvalue weighted by atomic mass is 16.5. The number of hydrogen-bond donors (Lipinski definition) is 2. The SMILES string of the molecule is O=C(c1ccccc1)c1ccc(OCC(O)c2ccccc2)cc1O. The number of aromatic hydroxyl groups is 1. The smallest absolute Gasteiger partial charge is 0.196 e. The second kappa shape index (κ2) is 7.64. The molecule has 3 rings (SSSR count). The highest BCUT2D eigenvalue weighted by Gasteiger charge is 2.15. The Morgan fingerprint density at radius 1 is 0.920 bits per heavy atom. The van der Waals surface area contributed by atoms with Gasteiger partial charge in [0.1, 0.15) is 24.2 Å². The molecule has 0 amide bonds. The summed E-state index contributed by atoms with van der Waals surface area (Å²) in [6.07, 6.45) is -0.769. The predicted octanol–water partition coefficient (Wildman–Crippen LogP) is 3.74. The van der Waals surface area contributed by atoms with Gasteiger partial charge < -0.3 is 14.9 Å². The van der Waals surface area contributed by atoms with Crippen LogP contribution in [-0.4, -0.2) is 22.6 Å². The molecule has 0 saturated heterocycles. The lowest BCUT2D eigenvalue weighted by molar-refractivity contribution is 0.103. The summed E-state index contributed by atoms with van der Waals surface area (Å²) in [7, 11) is 0. The number of benzene rings is 3. The summed E-state index contributed by atoms with van der Waals surface area (Å²) in [4.78, 5) is 12.4. The van der Waals surface area contributed by atoms with Crippen molar-refractivity contribution in [2.75, 3.05) is 6.61 Å². The zero-order valence-electron chi connectivity index (χ0n) is 13.5. The number of phenols is 1. The molecular weight excluding hydrogens is 316 g/mol. The molecule has 126 valence electrons. The van der Waals surface area contributed by atoms with Crippen LogP contribution in [-0.2, 0) is 0 Å². The van der Waals surface area contributed by atoms with Gasteiger partial charge in [-0.05, 0) is 17.7 Å². The molecule has 0 aliphatic carbocycles. The van der Waals surface area contributed by atoms with Gasteiger partial charge in [-0.15, -0.1) is 0 Å². The monoisotopic (exact) mass is 334 g/mol. The molecule has 0 saturated carbocycles. The van der Waals surface area contributed by atoms with Crippen molar-refractivity contribution in [3.63, 3.8) is 0 Å². The summed E-state index contributed by atoms with van der Waals surface area (Å²) in [5.41, 5.74) is 1.47.